The Morgan fingerprint density at radius 2 is 1.80 bits per heavy atom. The summed E-state index contributed by atoms with van der Waals surface area (Å²) in [5.41, 5.74) is -0.373. The zero-order chi connectivity index (χ0) is 21.8. The molecule has 1 aromatic carbocycles. The first-order chi connectivity index (χ1) is 14.0. The van der Waals surface area contributed by atoms with Gasteiger partial charge in [0.2, 0.25) is 0 Å². The molecular formula is C19H14BCl2F3N2OS2. The number of hydrogen-bond donors (Lipinski definition) is 0. The topological polar surface area (TPSA) is 34.9 Å². The molecule has 4 rings (SSSR count). The maximum atomic E-state index is 13.0. The Bertz CT molecular complexity index is 1330. The van der Waals surface area contributed by atoms with Crippen LogP contribution in [0.1, 0.15) is 16.1 Å². The third kappa shape index (κ3) is 4.00. The molecule has 4 aromatic rings. The summed E-state index contributed by atoms with van der Waals surface area (Å²) < 4.78 is 41.7. The molecule has 0 saturated heterocycles. The Balaban J connectivity index is 1.81. The van der Waals surface area contributed by atoms with Crippen LogP contribution in [-0.4, -0.2) is 16.5 Å². The van der Waals surface area contributed by atoms with Crippen LogP contribution < -0.4 is 5.56 Å². The quantitative estimate of drug-likeness (QED) is 0.293. The minimum Gasteiger partial charge on any atom is -0.267 e. The molecule has 0 amide bonds. The number of rotatable bonds is 4. The van der Waals surface area contributed by atoms with Gasteiger partial charge in [-0.3, -0.25) is 4.79 Å². The van der Waals surface area contributed by atoms with Gasteiger partial charge in [0, 0.05) is 15.0 Å². The van der Waals surface area contributed by atoms with Gasteiger partial charge >= 0.3 is 6.18 Å². The van der Waals surface area contributed by atoms with E-state index >= 15 is 0 Å². The number of hydrogen-bond acceptors (Lipinski definition) is 4. The van der Waals surface area contributed by atoms with E-state index in [4.69, 9.17) is 23.2 Å². The number of aromatic nitrogens is 2. The van der Waals surface area contributed by atoms with E-state index in [1.54, 1.807) is 6.07 Å². The molecule has 0 aliphatic heterocycles. The Kier molecular flexibility index (Phi) is 5.68. The van der Waals surface area contributed by atoms with Gasteiger partial charge in [-0.05, 0) is 36.0 Å². The minimum absolute atomic E-state index is 0.143. The molecule has 3 nitrogen and oxygen atoms in total. The fourth-order valence-electron chi connectivity index (χ4n) is 3.33. The summed E-state index contributed by atoms with van der Waals surface area (Å²) in [6.07, 6.45) is -3.79. The zero-order valence-corrected chi connectivity index (χ0v) is 19.0. The SMILES string of the molecule is CB(C)Cc1nn(Cc2cc3cc(C(F)(F)F)ccc3s2)c(=O)c2c(Cl)sc(Cl)c12. The van der Waals surface area contributed by atoms with Gasteiger partial charge in [-0.2, -0.15) is 18.3 Å². The van der Waals surface area contributed by atoms with E-state index < -0.39 is 11.7 Å². The third-order valence-electron chi connectivity index (χ3n) is 4.60. The summed E-state index contributed by atoms with van der Waals surface area (Å²) in [5, 5.41) is 5.95. The highest BCUT2D eigenvalue weighted by atomic mass is 35.5. The van der Waals surface area contributed by atoms with Crippen LogP contribution in [0.2, 0.25) is 22.3 Å². The molecular weight excluding hydrogens is 475 g/mol. The molecule has 0 aliphatic carbocycles. The van der Waals surface area contributed by atoms with Crippen molar-refractivity contribution in [2.75, 3.05) is 0 Å². The predicted molar refractivity (Wildman–Crippen MR) is 121 cm³/mol. The smallest absolute Gasteiger partial charge is 0.267 e. The van der Waals surface area contributed by atoms with Crippen LogP contribution in [0.4, 0.5) is 13.2 Å². The molecule has 11 heteroatoms. The number of benzene rings is 1. The van der Waals surface area contributed by atoms with Gasteiger partial charge in [0.05, 0.1) is 23.2 Å². The fraction of sp³-hybridized carbons (Fsp3) is 0.263. The van der Waals surface area contributed by atoms with Crippen LogP contribution in [0.15, 0.2) is 29.1 Å². The van der Waals surface area contributed by atoms with Gasteiger partial charge in [-0.15, -0.1) is 22.7 Å². The van der Waals surface area contributed by atoms with E-state index in [1.165, 1.54) is 22.1 Å². The second-order valence-corrected chi connectivity index (χ2v) is 10.8. The van der Waals surface area contributed by atoms with Crippen molar-refractivity contribution in [2.24, 2.45) is 0 Å². The third-order valence-corrected chi connectivity index (χ3v) is 7.31. The standard InChI is InChI=1S/C19H14BCl2F3N2OS2/c1-20(2)7-12-14-15(17(22)30-16(14)21)18(28)27(26-12)8-11-6-9-5-10(19(23,24)25)3-4-13(9)29-11/h3-6H,7-8H2,1-2H3. The van der Waals surface area contributed by atoms with Gasteiger partial charge in [0.1, 0.15) is 15.4 Å². The van der Waals surface area contributed by atoms with Crippen LogP contribution in [0, 0.1) is 0 Å². The summed E-state index contributed by atoms with van der Waals surface area (Å²) in [4.78, 5) is 13.8. The number of alkyl halides is 3. The Morgan fingerprint density at radius 3 is 2.47 bits per heavy atom. The highest BCUT2D eigenvalue weighted by molar-refractivity contribution is 7.22. The average molecular weight is 489 g/mol. The lowest BCUT2D eigenvalue weighted by Gasteiger charge is -2.09. The molecule has 3 heterocycles. The first kappa shape index (κ1) is 21.7. The summed E-state index contributed by atoms with van der Waals surface area (Å²) in [6.45, 7) is 4.50. The van der Waals surface area contributed by atoms with Crippen molar-refractivity contribution in [1.82, 2.24) is 9.78 Å². The molecule has 30 heavy (non-hydrogen) atoms. The van der Waals surface area contributed by atoms with Gasteiger partial charge in [0.25, 0.3) is 5.56 Å². The van der Waals surface area contributed by atoms with Gasteiger partial charge in [0.15, 0.2) is 0 Å². The molecule has 0 bridgehead atoms. The van der Waals surface area contributed by atoms with Crippen LogP contribution in [-0.2, 0) is 19.0 Å². The summed E-state index contributed by atoms with van der Waals surface area (Å²) in [7, 11) is 0. The lowest BCUT2D eigenvalue weighted by atomic mass is 9.51. The van der Waals surface area contributed by atoms with Crippen LogP contribution in [0.25, 0.3) is 20.9 Å². The van der Waals surface area contributed by atoms with E-state index in [2.05, 4.69) is 5.10 Å². The molecule has 0 unspecified atom stereocenters. The molecule has 0 aliphatic rings. The molecule has 0 spiro atoms. The van der Waals surface area contributed by atoms with E-state index in [9.17, 15) is 18.0 Å². The molecule has 0 atom stereocenters. The largest absolute Gasteiger partial charge is 0.416 e. The first-order valence-corrected chi connectivity index (χ1v) is 11.4. The Morgan fingerprint density at radius 1 is 1.10 bits per heavy atom. The highest BCUT2D eigenvalue weighted by Crippen LogP contribution is 2.39. The molecule has 0 radical (unpaired) electrons. The Labute approximate surface area is 188 Å². The molecule has 0 N–H and O–H groups in total. The number of halogens is 5. The second-order valence-electron chi connectivity index (χ2n) is 7.37. The monoisotopic (exact) mass is 488 g/mol. The second kappa shape index (κ2) is 7.86. The summed E-state index contributed by atoms with van der Waals surface area (Å²) in [5.74, 6) is 0. The average Bonchev–Trinajstić information content (AvgIpc) is 3.16. The number of fused-ring (bicyclic) bond motifs is 2. The van der Waals surface area contributed by atoms with Crippen molar-refractivity contribution in [1.29, 1.82) is 0 Å². The van der Waals surface area contributed by atoms with Gasteiger partial charge < -0.3 is 0 Å². The highest BCUT2D eigenvalue weighted by Gasteiger charge is 2.30. The van der Waals surface area contributed by atoms with Gasteiger partial charge in [-0.1, -0.05) is 36.8 Å². The van der Waals surface area contributed by atoms with E-state index in [-0.39, 0.29) is 18.8 Å². The van der Waals surface area contributed by atoms with Crippen LogP contribution >= 0.6 is 45.9 Å². The number of thiophene rings is 2. The van der Waals surface area contributed by atoms with Crippen molar-refractivity contribution < 1.29 is 13.2 Å². The van der Waals surface area contributed by atoms with Crippen molar-refractivity contribution in [2.45, 2.75) is 32.7 Å². The van der Waals surface area contributed by atoms with Gasteiger partial charge in [-0.25, -0.2) is 4.68 Å². The molecule has 0 saturated carbocycles. The molecule has 156 valence electrons. The Hall–Kier alpha value is -1.55. The lowest BCUT2D eigenvalue weighted by Crippen LogP contribution is -2.25. The fourth-order valence-corrected chi connectivity index (χ4v) is 6.09. The van der Waals surface area contributed by atoms with E-state index in [1.807, 2.05) is 13.6 Å². The molecule has 3 aromatic heterocycles. The minimum atomic E-state index is -4.40. The first-order valence-electron chi connectivity index (χ1n) is 9.01. The normalized spacial score (nSPS) is 12.2. The predicted octanol–water partition coefficient (Wildman–Crippen LogP) is 6.88. The number of nitrogens with zero attached hydrogens (tertiary/aromatic N) is 2. The van der Waals surface area contributed by atoms with Crippen molar-refractivity contribution in [3.63, 3.8) is 0 Å². The lowest BCUT2D eigenvalue weighted by molar-refractivity contribution is -0.137. The van der Waals surface area contributed by atoms with Crippen molar-refractivity contribution in [3.8, 4) is 0 Å². The van der Waals surface area contributed by atoms with E-state index in [0.717, 1.165) is 28.3 Å². The van der Waals surface area contributed by atoms with Crippen molar-refractivity contribution in [3.05, 3.63) is 59.4 Å². The van der Waals surface area contributed by atoms with Crippen LogP contribution in [0.3, 0.4) is 0 Å². The summed E-state index contributed by atoms with van der Waals surface area (Å²) >= 11 is 15.1. The molecule has 0 fully saturated rings. The summed E-state index contributed by atoms with van der Waals surface area (Å²) in [6, 6.07) is 5.30. The van der Waals surface area contributed by atoms with Crippen molar-refractivity contribution >= 4 is 73.4 Å². The maximum Gasteiger partial charge on any atom is 0.416 e. The van der Waals surface area contributed by atoms with E-state index in [0.29, 0.717) is 41.5 Å². The van der Waals surface area contributed by atoms with Crippen LogP contribution in [0.5, 0.6) is 0 Å². The zero-order valence-electron chi connectivity index (χ0n) is 15.8. The maximum absolute atomic E-state index is 13.0.